The highest BCUT2D eigenvalue weighted by Crippen LogP contribution is 2.28. The summed E-state index contributed by atoms with van der Waals surface area (Å²) in [5, 5.41) is 17.9. The fourth-order valence-corrected chi connectivity index (χ4v) is 1.56. The standard InChI is InChI=1S/C12H8N4/c13-6-8-3-4-9(10(7-14)12(8)15)11-2-1-5-16-11/h1-5,16H,15H2. The molecule has 0 fully saturated rings. The van der Waals surface area contributed by atoms with E-state index in [-0.39, 0.29) is 5.69 Å². The van der Waals surface area contributed by atoms with Crippen LogP contribution in [-0.2, 0) is 0 Å². The van der Waals surface area contributed by atoms with E-state index in [1.807, 2.05) is 24.3 Å². The van der Waals surface area contributed by atoms with E-state index < -0.39 is 0 Å². The monoisotopic (exact) mass is 208 g/mol. The van der Waals surface area contributed by atoms with Gasteiger partial charge in [-0.25, -0.2) is 0 Å². The van der Waals surface area contributed by atoms with Crippen LogP contribution in [0.5, 0.6) is 0 Å². The van der Waals surface area contributed by atoms with Crippen molar-refractivity contribution in [2.75, 3.05) is 5.73 Å². The van der Waals surface area contributed by atoms with Gasteiger partial charge in [0.1, 0.15) is 12.1 Å². The van der Waals surface area contributed by atoms with Crippen molar-refractivity contribution in [1.82, 2.24) is 4.98 Å². The summed E-state index contributed by atoms with van der Waals surface area (Å²) in [5.41, 5.74) is 8.17. The summed E-state index contributed by atoms with van der Waals surface area (Å²) in [6.45, 7) is 0. The number of H-pyrrole nitrogens is 1. The third kappa shape index (κ3) is 1.39. The number of hydrogen-bond donors (Lipinski definition) is 2. The average Bonchev–Trinajstić information content (AvgIpc) is 2.82. The number of nitrogens with zero attached hydrogens (tertiary/aromatic N) is 2. The summed E-state index contributed by atoms with van der Waals surface area (Å²) < 4.78 is 0. The van der Waals surface area contributed by atoms with Crippen molar-refractivity contribution in [1.29, 1.82) is 10.5 Å². The van der Waals surface area contributed by atoms with Crippen molar-refractivity contribution in [2.45, 2.75) is 0 Å². The molecule has 0 bridgehead atoms. The molecule has 0 amide bonds. The quantitative estimate of drug-likeness (QED) is 0.702. The van der Waals surface area contributed by atoms with Crippen LogP contribution in [0.2, 0.25) is 0 Å². The topological polar surface area (TPSA) is 89.4 Å². The maximum atomic E-state index is 9.06. The molecule has 0 aliphatic rings. The molecule has 0 atom stereocenters. The molecule has 4 heteroatoms. The van der Waals surface area contributed by atoms with Crippen LogP contribution in [0.1, 0.15) is 11.1 Å². The summed E-state index contributed by atoms with van der Waals surface area (Å²) >= 11 is 0. The molecule has 0 saturated carbocycles. The van der Waals surface area contributed by atoms with Crippen LogP contribution >= 0.6 is 0 Å². The zero-order chi connectivity index (χ0) is 11.5. The van der Waals surface area contributed by atoms with E-state index in [0.717, 1.165) is 5.69 Å². The highest BCUT2D eigenvalue weighted by Gasteiger charge is 2.12. The molecule has 76 valence electrons. The van der Waals surface area contributed by atoms with Gasteiger partial charge in [0.25, 0.3) is 0 Å². The van der Waals surface area contributed by atoms with Crippen LogP contribution in [0.15, 0.2) is 30.5 Å². The Kier molecular flexibility index (Phi) is 2.33. The van der Waals surface area contributed by atoms with Gasteiger partial charge in [-0.3, -0.25) is 0 Å². The highest BCUT2D eigenvalue weighted by molar-refractivity contribution is 5.78. The minimum atomic E-state index is 0.233. The maximum absolute atomic E-state index is 9.06. The fraction of sp³-hybridized carbons (Fsp3) is 0. The van der Waals surface area contributed by atoms with Gasteiger partial charge < -0.3 is 10.7 Å². The van der Waals surface area contributed by atoms with Gasteiger partial charge >= 0.3 is 0 Å². The minimum Gasteiger partial charge on any atom is -0.397 e. The van der Waals surface area contributed by atoms with Gasteiger partial charge in [0.15, 0.2) is 0 Å². The molecular formula is C12H8N4. The first kappa shape index (κ1) is 9.82. The lowest BCUT2D eigenvalue weighted by Crippen LogP contribution is -1.97. The SMILES string of the molecule is N#Cc1ccc(-c2ccc[nH]2)c(C#N)c1N. The summed E-state index contributed by atoms with van der Waals surface area (Å²) in [7, 11) is 0. The van der Waals surface area contributed by atoms with Crippen molar-refractivity contribution in [3.05, 3.63) is 41.6 Å². The summed E-state index contributed by atoms with van der Waals surface area (Å²) in [6, 6.07) is 11.0. The van der Waals surface area contributed by atoms with Gasteiger partial charge in [0.05, 0.1) is 16.8 Å². The first-order valence-electron chi connectivity index (χ1n) is 4.64. The number of aromatic amines is 1. The van der Waals surface area contributed by atoms with Crippen molar-refractivity contribution in [3.63, 3.8) is 0 Å². The van der Waals surface area contributed by atoms with Crippen molar-refractivity contribution in [3.8, 4) is 23.4 Å². The Labute approximate surface area is 92.6 Å². The van der Waals surface area contributed by atoms with Gasteiger partial charge in [0.2, 0.25) is 0 Å². The van der Waals surface area contributed by atoms with E-state index in [1.165, 1.54) is 0 Å². The van der Waals surface area contributed by atoms with Gasteiger partial charge in [-0.1, -0.05) is 6.07 Å². The Morgan fingerprint density at radius 3 is 2.50 bits per heavy atom. The van der Waals surface area contributed by atoms with Crippen molar-refractivity contribution < 1.29 is 0 Å². The zero-order valence-corrected chi connectivity index (χ0v) is 8.36. The van der Waals surface area contributed by atoms with Gasteiger partial charge in [-0.15, -0.1) is 0 Å². The number of nitriles is 2. The third-order valence-electron chi connectivity index (χ3n) is 2.37. The van der Waals surface area contributed by atoms with E-state index in [9.17, 15) is 0 Å². The van der Waals surface area contributed by atoms with E-state index in [2.05, 4.69) is 4.98 Å². The molecule has 0 unspecified atom stereocenters. The number of anilines is 1. The molecular weight excluding hydrogens is 200 g/mol. The van der Waals surface area contributed by atoms with Crippen LogP contribution in [0.3, 0.4) is 0 Å². The molecule has 3 N–H and O–H groups in total. The molecule has 1 aromatic heterocycles. The Hall–Kier alpha value is -2.72. The molecule has 16 heavy (non-hydrogen) atoms. The Morgan fingerprint density at radius 2 is 1.94 bits per heavy atom. The van der Waals surface area contributed by atoms with Crippen LogP contribution < -0.4 is 5.73 Å². The lowest BCUT2D eigenvalue weighted by Gasteiger charge is -2.05. The van der Waals surface area contributed by atoms with E-state index in [4.69, 9.17) is 16.3 Å². The second kappa shape index (κ2) is 3.80. The lowest BCUT2D eigenvalue weighted by molar-refractivity contribution is 1.38. The van der Waals surface area contributed by atoms with E-state index >= 15 is 0 Å². The molecule has 2 aromatic rings. The number of rotatable bonds is 1. The average molecular weight is 208 g/mol. The smallest absolute Gasteiger partial charge is 0.102 e. The van der Waals surface area contributed by atoms with E-state index in [1.54, 1.807) is 18.3 Å². The second-order valence-electron chi connectivity index (χ2n) is 3.26. The molecule has 0 saturated heterocycles. The molecule has 2 rings (SSSR count). The fourth-order valence-electron chi connectivity index (χ4n) is 1.56. The Balaban J connectivity index is 2.71. The molecule has 0 radical (unpaired) electrons. The lowest BCUT2D eigenvalue weighted by atomic mass is 10.0. The molecule has 1 heterocycles. The number of benzene rings is 1. The van der Waals surface area contributed by atoms with Crippen LogP contribution in [-0.4, -0.2) is 4.98 Å². The normalized spacial score (nSPS) is 9.38. The number of nitrogen functional groups attached to an aromatic ring is 1. The maximum Gasteiger partial charge on any atom is 0.102 e. The summed E-state index contributed by atoms with van der Waals surface area (Å²) in [5.74, 6) is 0. The van der Waals surface area contributed by atoms with Crippen LogP contribution in [0, 0.1) is 22.7 Å². The molecule has 0 aliphatic carbocycles. The van der Waals surface area contributed by atoms with Gasteiger partial charge in [0, 0.05) is 17.5 Å². The minimum absolute atomic E-state index is 0.233. The van der Waals surface area contributed by atoms with Gasteiger partial charge in [-0.05, 0) is 18.2 Å². The van der Waals surface area contributed by atoms with Crippen molar-refractivity contribution in [2.24, 2.45) is 0 Å². The zero-order valence-electron chi connectivity index (χ0n) is 8.36. The van der Waals surface area contributed by atoms with Crippen LogP contribution in [0.4, 0.5) is 5.69 Å². The van der Waals surface area contributed by atoms with Crippen LogP contribution in [0.25, 0.3) is 11.3 Å². The number of aromatic nitrogens is 1. The second-order valence-corrected chi connectivity index (χ2v) is 3.26. The number of hydrogen-bond acceptors (Lipinski definition) is 3. The molecule has 0 spiro atoms. The highest BCUT2D eigenvalue weighted by atomic mass is 14.7. The van der Waals surface area contributed by atoms with E-state index in [0.29, 0.717) is 16.7 Å². The van der Waals surface area contributed by atoms with Crippen molar-refractivity contribution >= 4 is 5.69 Å². The number of nitrogens with two attached hydrogens (primary N) is 1. The number of nitrogens with one attached hydrogen (secondary N) is 1. The molecule has 0 aliphatic heterocycles. The summed E-state index contributed by atoms with van der Waals surface area (Å²) in [4.78, 5) is 3.00. The molecule has 1 aromatic carbocycles. The first-order chi connectivity index (χ1) is 7.77. The molecule has 4 nitrogen and oxygen atoms in total. The first-order valence-corrected chi connectivity index (χ1v) is 4.64. The largest absolute Gasteiger partial charge is 0.397 e. The Morgan fingerprint density at radius 1 is 1.12 bits per heavy atom. The predicted octanol–water partition coefficient (Wildman–Crippen LogP) is 2.01. The Bertz CT molecular complexity index is 597. The third-order valence-corrected chi connectivity index (χ3v) is 2.37. The predicted molar refractivity (Wildman–Crippen MR) is 60.1 cm³/mol. The van der Waals surface area contributed by atoms with Gasteiger partial charge in [-0.2, -0.15) is 10.5 Å². The summed E-state index contributed by atoms with van der Waals surface area (Å²) in [6.07, 6.45) is 1.77.